The van der Waals surface area contributed by atoms with Gasteiger partial charge in [-0.1, -0.05) is 42.5 Å². The lowest BCUT2D eigenvalue weighted by Gasteiger charge is -2.40. The largest absolute Gasteiger partial charge is 0.367 e. The molecule has 1 aliphatic heterocycles. The van der Waals surface area contributed by atoms with Crippen LogP contribution in [0.1, 0.15) is 23.6 Å². The molecule has 2 aromatic carbocycles. The van der Waals surface area contributed by atoms with Crippen molar-refractivity contribution in [2.75, 3.05) is 19.7 Å². The van der Waals surface area contributed by atoms with Crippen LogP contribution < -0.4 is 5.32 Å². The predicted molar refractivity (Wildman–Crippen MR) is 94.7 cm³/mol. The Morgan fingerprint density at radius 1 is 1.28 bits per heavy atom. The van der Waals surface area contributed by atoms with Crippen molar-refractivity contribution in [3.05, 3.63) is 71.3 Å². The van der Waals surface area contributed by atoms with Crippen LogP contribution in [0.25, 0.3) is 0 Å². The smallest absolute Gasteiger partial charge is 0.317 e. The number of nitrogens with one attached hydrogen (secondary N) is 1. The van der Waals surface area contributed by atoms with Crippen molar-refractivity contribution in [1.29, 1.82) is 5.26 Å². The Kier molecular flexibility index (Phi) is 5.01. The minimum Gasteiger partial charge on any atom is -0.367 e. The zero-order valence-electron chi connectivity index (χ0n) is 14.2. The van der Waals surface area contributed by atoms with Gasteiger partial charge in [0.2, 0.25) is 0 Å². The van der Waals surface area contributed by atoms with E-state index >= 15 is 0 Å². The summed E-state index contributed by atoms with van der Waals surface area (Å²) >= 11 is 0. The molecule has 1 saturated heterocycles. The molecule has 128 valence electrons. The quantitative estimate of drug-likeness (QED) is 0.938. The highest BCUT2D eigenvalue weighted by Gasteiger charge is 2.35. The lowest BCUT2D eigenvalue weighted by atomic mass is 9.94. The first kappa shape index (κ1) is 17.0. The number of ether oxygens (including phenoxy) is 1. The van der Waals surface area contributed by atoms with Crippen LogP contribution >= 0.6 is 0 Å². The standard InChI is InChI=1S/C20H21N3O2/c1-20(18-8-3-2-4-9-18)15-23(10-11-25-20)19(24)22-14-17-7-5-6-16(12-17)13-21/h2-9,12H,10-11,14-15H2,1H3,(H,22,24)/t20-/m1/s1. The third-order valence-electron chi connectivity index (χ3n) is 4.45. The summed E-state index contributed by atoms with van der Waals surface area (Å²) in [6.07, 6.45) is 0. The highest BCUT2D eigenvalue weighted by atomic mass is 16.5. The zero-order chi connectivity index (χ0) is 17.7. The molecule has 0 spiro atoms. The van der Waals surface area contributed by atoms with Gasteiger partial charge in [0.05, 0.1) is 24.8 Å². The average Bonchev–Trinajstić information content (AvgIpc) is 2.67. The van der Waals surface area contributed by atoms with Crippen LogP contribution in [0.3, 0.4) is 0 Å². The van der Waals surface area contributed by atoms with E-state index in [0.717, 1.165) is 11.1 Å². The van der Waals surface area contributed by atoms with Crippen LogP contribution in [0.5, 0.6) is 0 Å². The van der Waals surface area contributed by atoms with Crippen LogP contribution in [-0.2, 0) is 16.9 Å². The summed E-state index contributed by atoms with van der Waals surface area (Å²) in [4.78, 5) is 14.3. The first-order chi connectivity index (χ1) is 12.1. The van der Waals surface area contributed by atoms with Crippen LogP contribution in [0.4, 0.5) is 4.79 Å². The number of benzene rings is 2. The number of urea groups is 1. The topological polar surface area (TPSA) is 65.4 Å². The molecule has 0 radical (unpaired) electrons. The average molecular weight is 335 g/mol. The summed E-state index contributed by atoms with van der Waals surface area (Å²) in [6, 6.07) is 19.2. The molecule has 2 aromatic rings. The molecular weight excluding hydrogens is 314 g/mol. The molecule has 1 atom stereocenters. The number of hydrogen-bond donors (Lipinski definition) is 1. The van der Waals surface area contributed by atoms with Crippen LogP contribution in [-0.4, -0.2) is 30.6 Å². The second kappa shape index (κ2) is 7.37. The van der Waals surface area contributed by atoms with Crippen molar-refractivity contribution in [1.82, 2.24) is 10.2 Å². The van der Waals surface area contributed by atoms with Gasteiger partial charge in [-0.3, -0.25) is 0 Å². The Hall–Kier alpha value is -2.84. The third kappa shape index (κ3) is 3.98. The zero-order valence-corrected chi connectivity index (χ0v) is 14.2. The first-order valence-electron chi connectivity index (χ1n) is 8.32. The van der Waals surface area contributed by atoms with E-state index in [0.29, 0.717) is 31.8 Å². The molecule has 0 unspecified atom stereocenters. The van der Waals surface area contributed by atoms with E-state index in [-0.39, 0.29) is 6.03 Å². The fourth-order valence-electron chi connectivity index (χ4n) is 3.05. The lowest BCUT2D eigenvalue weighted by molar-refractivity contribution is -0.0906. The maximum Gasteiger partial charge on any atom is 0.317 e. The number of amides is 2. The molecule has 1 aliphatic rings. The SMILES string of the molecule is C[C@]1(c2ccccc2)CN(C(=O)NCc2cccc(C#N)c2)CCO1. The summed E-state index contributed by atoms with van der Waals surface area (Å²) in [6.45, 7) is 3.97. The van der Waals surface area contributed by atoms with Gasteiger partial charge in [0.15, 0.2) is 0 Å². The molecule has 0 bridgehead atoms. The van der Waals surface area contributed by atoms with Crippen molar-refractivity contribution >= 4 is 6.03 Å². The van der Waals surface area contributed by atoms with E-state index in [1.54, 1.807) is 17.0 Å². The van der Waals surface area contributed by atoms with E-state index < -0.39 is 5.60 Å². The molecule has 1 fully saturated rings. The molecular formula is C20H21N3O2. The molecule has 25 heavy (non-hydrogen) atoms. The summed E-state index contributed by atoms with van der Waals surface area (Å²) in [5.74, 6) is 0. The Morgan fingerprint density at radius 2 is 2.08 bits per heavy atom. The fraction of sp³-hybridized carbons (Fsp3) is 0.300. The number of carbonyl (C=O) groups excluding carboxylic acids is 1. The molecule has 2 amide bonds. The monoisotopic (exact) mass is 335 g/mol. The molecule has 5 nitrogen and oxygen atoms in total. The van der Waals surface area contributed by atoms with Crippen molar-refractivity contribution in [2.45, 2.75) is 19.1 Å². The van der Waals surface area contributed by atoms with Gasteiger partial charge in [0.1, 0.15) is 5.60 Å². The highest BCUT2D eigenvalue weighted by Crippen LogP contribution is 2.29. The lowest BCUT2D eigenvalue weighted by Crippen LogP contribution is -2.53. The first-order valence-corrected chi connectivity index (χ1v) is 8.32. The highest BCUT2D eigenvalue weighted by molar-refractivity contribution is 5.74. The molecule has 5 heteroatoms. The fourth-order valence-corrected chi connectivity index (χ4v) is 3.05. The van der Waals surface area contributed by atoms with Crippen LogP contribution in [0.2, 0.25) is 0 Å². The second-order valence-electron chi connectivity index (χ2n) is 6.34. The summed E-state index contributed by atoms with van der Waals surface area (Å²) < 4.78 is 5.97. The van der Waals surface area contributed by atoms with Gasteiger partial charge >= 0.3 is 6.03 Å². The predicted octanol–water partition coefficient (Wildman–Crippen LogP) is 3.02. The number of nitriles is 1. The van der Waals surface area contributed by atoms with Gasteiger partial charge in [-0.25, -0.2) is 4.79 Å². The summed E-state index contributed by atoms with van der Waals surface area (Å²) in [5.41, 5.74) is 2.06. The maximum absolute atomic E-state index is 12.5. The number of hydrogen-bond acceptors (Lipinski definition) is 3. The minimum absolute atomic E-state index is 0.118. The van der Waals surface area contributed by atoms with Gasteiger partial charge in [-0.15, -0.1) is 0 Å². The van der Waals surface area contributed by atoms with E-state index in [1.165, 1.54) is 0 Å². The van der Waals surface area contributed by atoms with Gasteiger partial charge < -0.3 is 15.0 Å². The summed E-state index contributed by atoms with van der Waals surface area (Å²) in [5, 5.41) is 11.9. The van der Waals surface area contributed by atoms with E-state index in [9.17, 15) is 4.79 Å². The normalized spacial score (nSPS) is 19.9. The molecule has 1 N–H and O–H groups in total. The van der Waals surface area contributed by atoms with Gasteiger partial charge in [-0.05, 0) is 30.2 Å². The van der Waals surface area contributed by atoms with E-state index in [2.05, 4.69) is 11.4 Å². The Labute approximate surface area is 147 Å². The molecule has 3 rings (SSSR count). The molecule has 0 saturated carbocycles. The number of rotatable bonds is 3. The Bertz CT molecular complexity index is 785. The van der Waals surface area contributed by atoms with Gasteiger partial charge in [0, 0.05) is 13.1 Å². The molecule has 0 aliphatic carbocycles. The van der Waals surface area contributed by atoms with Gasteiger partial charge in [-0.2, -0.15) is 5.26 Å². The number of carbonyl (C=O) groups is 1. The maximum atomic E-state index is 12.5. The number of morpholine rings is 1. The molecule has 1 heterocycles. The van der Waals surface area contributed by atoms with Gasteiger partial charge in [0.25, 0.3) is 0 Å². The third-order valence-corrected chi connectivity index (χ3v) is 4.45. The number of nitrogens with zero attached hydrogens (tertiary/aromatic N) is 2. The van der Waals surface area contributed by atoms with Crippen molar-refractivity contribution in [3.8, 4) is 6.07 Å². The Morgan fingerprint density at radius 3 is 2.84 bits per heavy atom. The van der Waals surface area contributed by atoms with Crippen molar-refractivity contribution < 1.29 is 9.53 Å². The second-order valence-corrected chi connectivity index (χ2v) is 6.34. The molecule has 0 aromatic heterocycles. The van der Waals surface area contributed by atoms with Crippen LogP contribution in [0.15, 0.2) is 54.6 Å². The van der Waals surface area contributed by atoms with E-state index in [4.69, 9.17) is 10.00 Å². The van der Waals surface area contributed by atoms with E-state index in [1.807, 2.05) is 49.4 Å². The summed E-state index contributed by atoms with van der Waals surface area (Å²) in [7, 11) is 0. The minimum atomic E-state index is -0.502. The van der Waals surface area contributed by atoms with Crippen molar-refractivity contribution in [2.24, 2.45) is 0 Å². The van der Waals surface area contributed by atoms with Crippen LogP contribution in [0, 0.1) is 11.3 Å². The Balaban J connectivity index is 1.63. The van der Waals surface area contributed by atoms with Crippen molar-refractivity contribution in [3.63, 3.8) is 0 Å².